The van der Waals surface area contributed by atoms with Gasteiger partial charge in [0.05, 0.1) is 5.69 Å². The predicted octanol–water partition coefficient (Wildman–Crippen LogP) is 1.50. The summed E-state index contributed by atoms with van der Waals surface area (Å²) in [5.74, 6) is 0. The van der Waals surface area contributed by atoms with Gasteiger partial charge in [-0.3, -0.25) is 4.90 Å². The Labute approximate surface area is 101 Å². The van der Waals surface area contributed by atoms with Gasteiger partial charge < -0.3 is 5.32 Å². The first kappa shape index (κ1) is 12.0. The van der Waals surface area contributed by atoms with Gasteiger partial charge in [-0.2, -0.15) is 0 Å². The van der Waals surface area contributed by atoms with Crippen molar-refractivity contribution in [1.29, 1.82) is 0 Å². The lowest BCUT2D eigenvalue weighted by Gasteiger charge is -2.34. The maximum atomic E-state index is 4.03. The van der Waals surface area contributed by atoms with E-state index in [9.17, 15) is 0 Å². The summed E-state index contributed by atoms with van der Waals surface area (Å²) in [4.78, 5) is 2.58. The van der Waals surface area contributed by atoms with Gasteiger partial charge in [0, 0.05) is 24.5 Å². The van der Waals surface area contributed by atoms with E-state index in [0.29, 0.717) is 6.04 Å². The summed E-state index contributed by atoms with van der Waals surface area (Å²) in [6, 6.07) is 0.713. The van der Waals surface area contributed by atoms with Gasteiger partial charge in [0.25, 0.3) is 0 Å². The molecule has 2 heterocycles. The van der Waals surface area contributed by atoms with Crippen molar-refractivity contribution in [3.63, 3.8) is 0 Å². The highest BCUT2D eigenvalue weighted by Crippen LogP contribution is 2.15. The number of likely N-dealkylation sites (tertiary alicyclic amines) is 1. The minimum absolute atomic E-state index is 0.713. The number of piperidine rings is 1. The van der Waals surface area contributed by atoms with Gasteiger partial charge in [-0.05, 0) is 37.5 Å². The fourth-order valence-corrected chi connectivity index (χ4v) is 2.79. The third-order valence-corrected chi connectivity index (χ3v) is 3.80. The average molecular weight is 240 g/mol. The second-order valence-electron chi connectivity index (χ2n) is 4.31. The molecule has 1 aliphatic heterocycles. The molecule has 1 unspecified atom stereocenters. The smallest absolute Gasteiger partial charge is 0.0893 e. The minimum Gasteiger partial charge on any atom is -0.310 e. The Kier molecular flexibility index (Phi) is 4.69. The van der Waals surface area contributed by atoms with Crippen molar-refractivity contribution < 1.29 is 0 Å². The molecule has 90 valence electrons. The van der Waals surface area contributed by atoms with Crippen LogP contribution in [0.25, 0.3) is 0 Å². The van der Waals surface area contributed by atoms with Crippen LogP contribution in [0.4, 0.5) is 0 Å². The van der Waals surface area contributed by atoms with E-state index in [4.69, 9.17) is 0 Å². The number of rotatable bonds is 5. The number of aromatic nitrogens is 2. The zero-order valence-electron chi connectivity index (χ0n) is 9.85. The normalized spacial score (nSPS) is 22.4. The first-order valence-corrected chi connectivity index (χ1v) is 6.94. The van der Waals surface area contributed by atoms with Crippen LogP contribution >= 0.6 is 11.5 Å². The molecule has 16 heavy (non-hydrogen) atoms. The average Bonchev–Trinajstić information content (AvgIpc) is 2.83. The Morgan fingerprint density at radius 2 is 2.50 bits per heavy atom. The summed E-state index contributed by atoms with van der Waals surface area (Å²) in [7, 11) is 0. The molecule has 1 aromatic heterocycles. The molecule has 1 saturated heterocycles. The standard InChI is InChI=1S/C11H20N4S/c1-2-15-6-4-3-5-11(15)8-12-7-10-9-16-14-13-10/h9,11-12H,2-8H2,1H3. The molecule has 0 spiro atoms. The fraction of sp³-hybridized carbons (Fsp3) is 0.818. The van der Waals surface area contributed by atoms with Gasteiger partial charge in [0.15, 0.2) is 0 Å². The van der Waals surface area contributed by atoms with E-state index >= 15 is 0 Å². The molecule has 0 amide bonds. The third-order valence-electron chi connectivity index (χ3n) is 3.25. The van der Waals surface area contributed by atoms with Gasteiger partial charge >= 0.3 is 0 Å². The zero-order valence-corrected chi connectivity index (χ0v) is 10.7. The predicted molar refractivity (Wildman–Crippen MR) is 66.5 cm³/mol. The Hall–Kier alpha value is -0.520. The maximum Gasteiger partial charge on any atom is 0.0893 e. The Morgan fingerprint density at radius 1 is 1.56 bits per heavy atom. The molecule has 4 nitrogen and oxygen atoms in total. The molecule has 1 N–H and O–H groups in total. The number of hydrogen-bond acceptors (Lipinski definition) is 5. The number of nitrogens with zero attached hydrogens (tertiary/aromatic N) is 3. The quantitative estimate of drug-likeness (QED) is 0.847. The highest BCUT2D eigenvalue weighted by atomic mass is 32.1. The highest BCUT2D eigenvalue weighted by molar-refractivity contribution is 7.03. The van der Waals surface area contributed by atoms with E-state index in [2.05, 4.69) is 26.7 Å². The molecule has 0 bridgehead atoms. The lowest BCUT2D eigenvalue weighted by Crippen LogP contribution is -2.45. The Bertz CT molecular complexity index is 288. The van der Waals surface area contributed by atoms with E-state index in [1.807, 2.05) is 5.38 Å². The molecule has 1 fully saturated rings. The number of nitrogens with one attached hydrogen (secondary N) is 1. The lowest BCUT2D eigenvalue weighted by molar-refractivity contribution is 0.153. The number of likely N-dealkylation sites (N-methyl/N-ethyl adjacent to an activating group) is 1. The summed E-state index contributed by atoms with van der Waals surface area (Å²) in [6.07, 6.45) is 4.07. The van der Waals surface area contributed by atoms with Crippen LogP contribution < -0.4 is 5.32 Å². The molecule has 1 aliphatic rings. The van der Waals surface area contributed by atoms with Crippen molar-refractivity contribution in [3.05, 3.63) is 11.1 Å². The van der Waals surface area contributed by atoms with E-state index in [1.54, 1.807) is 0 Å². The highest BCUT2D eigenvalue weighted by Gasteiger charge is 2.20. The van der Waals surface area contributed by atoms with Crippen LogP contribution in [0.3, 0.4) is 0 Å². The number of hydrogen-bond donors (Lipinski definition) is 1. The van der Waals surface area contributed by atoms with Gasteiger partial charge in [-0.1, -0.05) is 17.8 Å². The SMILES string of the molecule is CCN1CCCCC1CNCc1csnn1. The van der Waals surface area contributed by atoms with Gasteiger partial charge in [0.2, 0.25) is 0 Å². The van der Waals surface area contributed by atoms with Crippen LogP contribution in [0.2, 0.25) is 0 Å². The van der Waals surface area contributed by atoms with Gasteiger partial charge in [-0.25, -0.2) is 0 Å². The maximum absolute atomic E-state index is 4.03. The van der Waals surface area contributed by atoms with Gasteiger partial charge in [0.1, 0.15) is 0 Å². The van der Waals surface area contributed by atoms with Crippen LogP contribution in [0, 0.1) is 0 Å². The molecule has 1 aromatic rings. The molecule has 1 atom stereocenters. The second kappa shape index (κ2) is 6.27. The van der Waals surface area contributed by atoms with E-state index < -0.39 is 0 Å². The summed E-state index contributed by atoms with van der Waals surface area (Å²) in [5, 5.41) is 9.52. The zero-order chi connectivity index (χ0) is 11.2. The summed E-state index contributed by atoms with van der Waals surface area (Å²) >= 11 is 1.42. The van der Waals surface area contributed by atoms with E-state index in [-0.39, 0.29) is 0 Å². The van der Waals surface area contributed by atoms with Crippen molar-refractivity contribution in [1.82, 2.24) is 19.8 Å². The van der Waals surface area contributed by atoms with Crippen molar-refractivity contribution in [2.45, 2.75) is 38.8 Å². The molecule has 2 rings (SSSR count). The Morgan fingerprint density at radius 3 is 3.25 bits per heavy atom. The van der Waals surface area contributed by atoms with Crippen LogP contribution in [0.1, 0.15) is 31.9 Å². The van der Waals surface area contributed by atoms with Gasteiger partial charge in [-0.15, -0.1) is 5.10 Å². The molecule has 0 aliphatic carbocycles. The molecule has 0 saturated carbocycles. The van der Waals surface area contributed by atoms with Crippen LogP contribution in [0.15, 0.2) is 5.38 Å². The monoisotopic (exact) mass is 240 g/mol. The molecular weight excluding hydrogens is 220 g/mol. The molecule has 5 heteroatoms. The Balaban J connectivity index is 1.71. The molecule has 0 aromatic carbocycles. The largest absolute Gasteiger partial charge is 0.310 e. The minimum atomic E-state index is 0.713. The van der Waals surface area contributed by atoms with Crippen molar-refractivity contribution >= 4 is 11.5 Å². The van der Waals surface area contributed by atoms with Crippen LogP contribution in [0.5, 0.6) is 0 Å². The van der Waals surface area contributed by atoms with Crippen molar-refractivity contribution in [2.75, 3.05) is 19.6 Å². The summed E-state index contributed by atoms with van der Waals surface area (Å²) in [6.45, 7) is 6.62. The first-order chi connectivity index (χ1) is 7.90. The fourth-order valence-electron chi connectivity index (χ4n) is 2.34. The summed E-state index contributed by atoms with van der Waals surface area (Å²) in [5.41, 5.74) is 1.06. The van der Waals surface area contributed by atoms with E-state index in [1.165, 1.54) is 43.9 Å². The van der Waals surface area contributed by atoms with E-state index in [0.717, 1.165) is 18.8 Å². The van der Waals surface area contributed by atoms with Crippen molar-refractivity contribution in [2.24, 2.45) is 0 Å². The molecular formula is C11H20N4S. The molecule has 0 radical (unpaired) electrons. The summed E-state index contributed by atoms with van der Waals surface area (Å²) < 4.78 is 3.86. The van der Waals surface area contributed by atoms with Crippen LogP contribution in [-0.4, -0.2) is 40.2 Å². The first-order valence-electron chi connectivity index (χ1n) is 6.11. The van der Waals surface area contributed by atoms with Crippen LogP contribution in [-0.2, 0) is 6.54 Å². The third kappa shape index (κ3) is 3.23. The lowest BCUT2D eigenvalue weighted by atomic mass is 10.0. The second-order valence-corrected chi connectivity index (χ2v) is 4.92. The topological polar surface area (TPSA) is 41.0 Å². The van der Waals surface area contributed by atoms with Crippen molar-refractivity contribution in [3.8, 4) is 0 Å².